The number of aryl methyl sites for hydroxylation is 1. The van der Waals surface area contributed by atoms with Gasteiger partial charge in [0.25, 0.3) is 11.8 Å². The zero-order valence-electron chi connectivity index (χ0n) is 17.2. The monoisotopic (exact) mass is 414 g/mol. The van der Waals surface area contributed by atoms with Gasteiger partial charge in [-0.2, -0.15) is 10.2 Å². The number of piperazine rings is 1. The minimum Gasteiger partial charge on any atom is -0.335 e. The van der Waals surface area contributed by atoms with Crippen molar-refractivity contribution in [3.8, 4) is 11.3 Å². The smallest absolute Gasteiger partial charge is 0.272 e. The van der Waals surface area contributed by atoms with Crippen LogP contribution in [0.5, 0.6) is 0 Å². The highest BCUT2D eigenvalue weighted by atomic mass is 16.2. The maximum Gasteiger partial charge on any atom is 0.272 e. The summed E-state index contributed by atoms with van der Waals surface area (Å²) in [6.45, 7) is 1.93. The third-order valence-electron chi connectivity index (χ3n) is 5.68. The normalized spacial score (nSPS) is 14.2. The van der Waals surface area contributed by atoms with E-state index in [4.69, 9.17) is 0 Å². The molecule has 0 radical (unpaired) electrons. The van der Waals surface area contributed by atoms with Crippen molar-refractivity contribution in [3.05, 3.63) is 78.2 Å². The maximum absolute atomic E-state index is 13.1. The molecule has 1 aliphatic heterocycles. The molecule has 0 atom stereocenters. The van der Waals surface area contributed by atoms with Crippen molar-refractivity contribution >= 4 is 17.3 Å². The van der Waals surface area contributed by atoms with E-state index in [9.17, 15) is 9.59 Å². The van der Waals surface area contributed by atoms with Crippen LogP contribution in [0.4, 0.5) is 0 Å². The van der Waals surface area contributed by atoms with Crippen LogP contribution in [-0.2, 0) is 7.05 Å². The van der Waals surface area contributed by atoms with Crippen molar-refractivity contribution in [1.29, 1.82) is 0 Å². The first-order chi connectivity index (χ1) is 15.1. The summed E-state index contributed by atoms with van der Waals surface area (Å²) in [5, 5.41) is 8.75. The third-order valence-corrected chi connectivity index (χ3v) is 5.68. The Morgan fingerprint density at radius 3 is 2.29 bits per heavy atom. The molecule has 2 amide bonds. The largest absolute Gasteiger partial charge is 0.335 e. The summed E-state index contributed by atoms with van der Waals surface area (Å²) in [5.41, 5.74) is 3.66. The number of hydrogen-bond acceptors (Lipinski definition) is 4. The predicted octanol–water partition coefficient (Wildman–Crippen LogP) is 2.33. The lowest BCUT2D eigenvalue weighted by molar-refractivity contribution is 0.0530. The molecule has 5 rings (SSSR count). The van der Waals surface area contributed by atoms with E-state index in [-0.39, 0.29) is 11.8 Å². The molecule has 1 saturated heterocycles. The number of amides is 2. The van der Waals surface area contributed by atoms with E-state index in [0.717, 1.165) is 16.8 Å². The van der Waals surface area contributed by atoms with Crippen molar-refractivity contribution in [1.82, 2.24) is 29.2 Å². The first-order valence-corrected chi connectivity index (χ1v) is 10.2. The average Bonchev–Trinajstić information content (AvgIpc) is 3.42. The fourth-order valence-electron chi connectivity index (χ4n) is 3.96. The molecule has 0 spiro atoms. The lowest BCUT2D eigenvalue weighted by Crippen LogP contribution is -2.50. The maximum atomic E-state index is 13.1. The Hall–Kier alpha value is -3.94. The highest BCUT2D eigenvalue weighted by molar-refractivity contribution is 6.01. The Labute approximate surface area is 179 Å². The summed E-state index contributed by atoms with van der Waals surface area (Å²) in [5.74, 6) is -0.125. The van der Waals surface area contributed by atoms with Gasteiger partial charge in [0.15, 0.2) is 0 Å². The lowest BCUT2D eigenvalue weighted by atomic mass is 10.1. The second-order valence-electron chi connectivity index (χ2n) is 7.58. The molecule has 31 heavy (non-hydrogen) atoms. The van der Waals surface area contributed by atoms with Crippen LogP contribution < -0.4 is 0 Å². The van der Waals surface area contributed by atoms with Gasteiger partial charge in [0.2, 0.25) is 0 Å². The van der Waals surface area contributed by atoms with Gasteiger partial charge in [0.1, 0.15) is 5.69 Å². The Morgan fingerprint density at radius 2 is 1.55 bits per heavy atom. The molecule has 0 saturated carbocycles. The van der Waals surface area contributed by atoms with Crippen LogP contribution in [-0.4, -0.2) is 67.2 Å². The van der Waals surface area contributed by atoms with E-state index in [2.05, 4.69) is 10.2 Å². The van der Waals surface area contributed by atoms with E-state index < -0.39 is 0 Å². The summed E-state index contributed by atoms with van der Waals surface area (Å²) in [4.78, 5) is 29.7. The molecule has 1 aliphatic rings. The second kappa shape index (κ2) is 7.71. The van der Waals surface area contributed by atoms with Gasteiger partial charge < -0.3 is 9.80 Å². The van der Waals surface area contributed by atoms with Gasteiger partial charge in [-0.3, -0.25) is 14.3 Å². The zero-order chi connectivity index (χ0) is 21.4. The van der Waals surface area contributed by atoms with E-state index in [1.807, 2.05) is 60.8 Å². The molecule has 0 N–H and O–H groups in total. The number of aromatic nitrogens is 4. The predicted molar refractivity (Wildman–Crippen MR) is 116 cm³/mol. The number of hydrogen-bond donors (Lipinski definition) is 0. The van der Waals surface area contributed by atoms with Crippen LogP contribution in [0.3, 0.4) is 0 Å². The van der Waals surface area contributed by atoms with Gasteiger partial charge in [-0.25, -0.2) is 4.52 Å². The number of nitrogens with zero attached hydrogens (tertiary/aromatic N) is 6. The summed E-state index contributed by atoms with van der Waals surface area (Å²) in [7, 11) is 1.78. The number of benzene rings is 1. The van der Waals surface area contributed by atoms with E-state index in [1.165, 1.54) is 0 Å². The summed E-state index contributed by atoms with van der Waals surface area (Å²) < 4.78 is 3.32. The lowest BCUT2D eigenvalue weighted by Gasteiger charge is -2.34. The molecule has 1 fully saturated rings. The van der Waals surface area contributed by atoms with Crippen molar-refractivity contribution < 1.29 is 9.59 Å². The van der Waals surface area contributed by atoms with Crippen LogP contribution in [0.25, 0.3) is 16.8 Å². The fourth-order valence-corrected chi connectivity index (χ4v) is 3.96. The summed E-state index contributed by atoms with van der Waals surface area (Å²) >= 11 is 0. The topological polar surface area (TPSA) is 75.7 Å². The van der Waals surface area contributed by atoms with E-state index in [0.29, 0.717) is 37.4 Å². The summed E-state index contributed by atoms with van der Waals surface area (Å²) in [6.07, 6.45) is 3.43. The van der Waals surface area contributed by atoms with Crippen molar-refractivity contribution in [3.63, 3.8) is 0 Å². The molecule has 0 aliphatic carbocycles. The Morgan fingerprint density at radius 1 is 0.871 bits per heavy atom. The number of fused-ring (bicyclic) bond motifs is 1. The van der Waals surface area contributed by atoms with E-state index >= 15 is 0 Å². The standard InChI is InChI=1S/C23H22N6O2/c1-26-21(15-19(25-26)17-7-3-2-4-8-17)23(31)28-13-11-27(12-14-28)22(30)18-16-24-29-10-6-5-9-20(18)29/h2-10,15-16H,11-14H2,1H3. The Kier molecular flexibility index (Phi) is 4.74. The average molecular weight is 414 g/mol. The van der Waals surface area contributed by atoms with Crippen LogP contribution in [0.15, 0.2) is 67.0 Å². The number of rotatable bonds is 3. The first-order valence-electron chi connectivity index (χ1n) is 10.2. The van der Waals surface area contributed by atoms with Gasteiger partial charge >= 0.3 is 0 Å². The molecule has 4 aromatic rings. The third kappa shape index (κ3) is 3.46. The number of carbonyl (C=O) groups is 2. The van der Waals surface area contributed by atoms with Crippen molar-refractivity contribution in [2.24, 2.45) is 7.05 Å². The molecule has 4 heterocycles. The zero-order valence-corrected chi connectivity index (χ0v) is 17.2. The highest BCUT2D eigenvalue weighted by Gasteiger charge is 2.28. The van der Waals surface area contributed by atoms with Crippen LogP contribution in [0, 0.1) is 0 Å². The van der Waals surface area contributed by atoms with Gasteiger partial charge in [0, 0.05) is 45.0 Å². The molecule has 0 unspecified atom stereocenters. The number of pyridine rings is 1. The molecular formula is C23H22N6O2. The van der Waals surface area contributed by atoms with Gasteiger partial charge in [-0.05, 0) is 18.2 Å². The molecule has 0 bridgehead atoms. The summed E-state index contributed by atoms with van der Waals surface area (Å²) in [6, 6.07) is 17.3. The van der Waals surface area contributed by atoms with Crippen LogP contribution >= 0.6 is 0 Å². The fraction of sp³-hybridized carbons (Fsp3) is 0.217. The minimum atomic E-state index is -0.0692. The van der Waals surface area contributed by atoms with Crippen LogP contribution in [0.2, 0.25) is 0 Å². The van der Waals surface area contributed by atoms with Crippen molar-refractivity contribution in [2.45, 2.75) is 0 Å². The first kappa shape index (κ1) is 19.0. The minimum absolute atomic E-state index is 0.0554. The van der Waals surface area contributed by atoms with Crippen molar-refractivity contribution in [2.75, 3.05) is 26.2 Å². The SMILES string of the molecule is Cn1nc(-c2ccccc2)cc1C(=O)N1CCN(C(=O)c2cnn3ccccc23)CC1. The molecule has 1 aromatic carbocycles. The molecule has 8 nitrogen and oxygen atoms in total. The van der Waals surface area contributed by atoms with Gasteiger partial charge in [-0.1, -0.05) is 36.4 Å². The van der Waals surface area contributed by atoms with Gasteiger partial charge in [-0.15, -0.1) is 0 Å². The Balaban J connectivity index is 1.28. The molecule has 156 valence electrons. The molecule has 8 heteroatoms. The molecule has 3 aromatic heterocycles. The van der Waals surface area contributed by atoms with Crippen LogP contribution in [0.1, 0.15) is 20.8 Å². The quantitative estimate of drug-likeness (QED) is 0.516. The highest BCUT2D eigenvalue weighted by Crippen LogP contribution is 2.20. The number of carbonyl (C=O) groups excluding carboxylic acids is 2. The molecular weight excluding hydrogens is 392 g/mol. The van der Waals surface area contributed by atoms with E-state index in [1.54, 1.807) is 32.2 Å². The second-order valence-corrected chi connectivity index (χ2v) is 7.58. The Bertz CT molecular complexity index is 1250. The van der Waals surface area contributed by atoms with Gasteiger partial charge in [0.05, 0.1) is 23.0 Å².